The molecule has 2 fully saturated rings. The Kier molecular flexibility index (Phi) is 3.71. The Bertz CT molecular complexity index is 675. The second kappa shape index (κ2) is 5.26. The number of rotatable bonds is 4. The van der Waals surface area contributed by atoms with Crippen molar-refractivity contribution >= 4 is 27.8 Å². The summed E-state index contributed by atoms with van der Waals surface area (Å²) in [6.07, 6.45) is 1.76. The van der Waals surface area contributed by atoms with E-state index >= 15 is 0 Å². The first-order valence-electron chi connectivity index (χ1n) is 6.55. The topological polar surface area (TPSA) is 74.7 Å². The number of thioether (sulfide) groups is 1. The molecular formula is C13H14FNO4S2. The molecule has 0 amide bonds. The average Bonchev–Trinajstić information content (AvgIpc) is 3.16. The molecule has 2 unspecified atom stereocenters. The highest BCUT2D eigenvalue weighted by molar-refractivity contribution is 8.01. The molecule has 0 bridgehead atoms. The Balaban J connectivity index is 2.05. The number of halogens is 1. The SMILES string of the molecule is O=C(O)C1CSC(C2CC2)N1S(=O)(=O)c1ccccc1F. The van der Waals surface area contributed by atoms with Crippen LogP contribution in [0.5, 0.6) is 0 Å². The van der Waals surface area contributed by atoms with Crippen LogP contribution in [0.15, 0.2) is 29.2 Å². The van der Waals surface area contributed by atoms with Gasteiger partial charge in [-0.25, -0.2) is 12.8 Å². The van der Waals surface area contributed by atoms with Crippen LogP contribution in [0.3, 0.4) is 0 Å². The van der Waals surface area contributed by atoms with Crippen LogP contribution in [0.4, 0.5) is 4.39 Å². The van der Waals surface area contributed by atoms with Crippen LogP contribution in [0.2, 0.25) is 0 Å². The lowest BCUT2D eigenvalue weighted by atomic mass is 10.3. The standard InChI is InChI=1S/C13H14FNO4S2/c14-9-3-1-2-4-11(9)21(18,19)15-10(13(16)17)7-20-12(15)8-5-6-8/h1-4,8,10,12H,5-7H2,(H,16,17). The normalized spacial score (nSPS) is 26.9. The molecule has 5 nitrogen and oxygen atoms in total. The second-order valence-corrected chi connectivity index (χ2v) is 8.14. The second-order valence-electron chi connectivity index (χ2n) is 5.18. The van der Waals surface area contributed by atoms with Crippen LogP contribution in [-0.4, -0.2) is 41.0 Å². The van der Waals surface area contributed by atoms with Gasteiger partial charge in [0, 0.05) is 5.75 Å². The van der Waals surface area contributed by atoms with E-state index in [1.165, 1.54) is 30.0 Å². The first-order valence-corrected chi connectivity index (χ1v) is 9.04. The van der Waals surface area contributed by atoms with Gasteiger partial charge in [-0.2, -0.15) is 4.31 Å². The van der Waals surface area contributed by atoms with Gasteiger partial charge in [0.25, 0.3) is 0 Å². The zero-order valence-electron chi connectivity index (χ0n) is 11.0. The maximum Gasteiger partial charge on any atom is 0.322 e. The zero-order valence-corrected chi connectivity index (χ0v) is 12.6. The molecule has 1 aliphatic carbocycles. The Morgan fingerprint density at radius 2 is 2.00 bits per heavy atom. The van der Waals surface area contributed by atoms with E-state index in [2.05, 4.69) is 0 Å². The molecule has 3 rings (SSSR count). The minimum absolute atomic E-state index is 0.167. The van der Waals surface area contributed by atoms with E-state index in [0.29, 0.717) is 0 Å². The molecule has 114 valence electrons. The van der Waals surface area contributed by atoms with E-state index in [4.69, 9.17) is 0 Å². The number of nitrogens with zero attached hydrogens (tertiary/aromatic N) is 1. The Morgan fingerprint density at radius 1 is 1.33 bits per heavy atom. The molecule has 2 aliphatic rings. The van der Waals surface area contributed by atoms with Gasteiger partial charge in [-0.15, -0.1) is 11.8 Å². The summed E-state index contributed by atoms with van der Waals surface area (Å²) in [4.78, 5) is 10.9. The van der Waals surface area contributed by atoms with Gasteiger partial charge in [-0.3, -0.25) is 4.79 Å². The summed E-state index contributed by atoms with van der Waals surface area (Å²) in [6, 6.07) is 3.95. The van der Waals surface area contributed by atoms with Gasteiger partial charge in [0.15, 0.2) is 0 Å². The van der Waals surface area contributed by atoms with Crippen LogP contribution in [0, 0.1) is 11.7 Å². The van der Waals surface area contributed by atoms with E-state index in [-0.39, 0.29) is 11.7 Å². The first-order chi connectivity index (χ1) is 9.93. The largest absolute Gasteiger partial charge is 0.480 e. The minimum atomic E-state index is -4.16. The number of sulfonamides is 1. The van der Waals surface area contributed by atoms with E-state index in [1.54, 1.807) is 0 Å². The number of aliphatic carboxylic acids is 1. The van der Waals surface area contributed by atoms with Crippen molar-refractivity contribution in [3.05, 3.63) is 30.1 Å². The van der Waals surface area contributed by atoms with Gasteiger partial charge in [0.05, 0.1) is 5.37 Å². The van der Waals surface area contributed by atoms with E-state index < -0.39 is 38.1 Å². The zero-order chi connectivity index (χ0) is 15.2. The predicted molar refractivity (Wildman–Crippen MR) is 75.8 cm³/mol. The molecule has 0 spiro atoms. The maximum atomic E-state index is 13.9. The fourth-order valence-corrected chi connectivity index (χ4v) is 6.37. The molecule has 1 saturated carbocycles. The van der Waals surface area contributed by atoms with Gasteiger partial charge in [-0.05, 0) is 30.9 Å². The summed E-state index contributed by atoms with van der Waals surface area (Å²) < 4.78 is 40.3. The van der Waals surface area contributed by atoms with Crippen molar-refractivity contribution in [1.82, 2.24) is 4.31 Å². The molecule has 0 aromatic heterocycles. The van der Waals surface area contributed by atoms with Crippen LogP contribution in [0.1, 0.15) is 12.8 Å². The average molecular weight is 331 g/mol. The molecule has 1 heterocycles. The van der Waals surface area contributed by atoms with Crippen molar-refractivity contribution in [3.8, 4) is 0 Å². The van der Waals surface area contributed by atoms with Crippen molar-refractivity contribution in [1.29, 1.82) is 0 Å². The molecule has 8 heteroatoms. The number of hydrogen-bond donors (Lipinski definition) is 1. The minimum Gasteiger partial charge on any atom is -0.480 e. The van der Waals surface area contributed by atoms with Gasteiger partial charge >= 0.3 is 5.97 Å². The third-order valence-corrected chi connectivity index (χ3v) is 7.20. The Morgan fingerprint density at radius 3 is 2.57 bits per heavy atom. The van der Waals surface area contributed by atoms with E-state index in [0.717, 1.165) is 23.2 Å². The number of carbonyl (C=O) groups is 1. The third kappa shape index (κ3) is 2.56. The molecule has 21 heavy (non-hydrogen) atoms. The van der Waals surface area contributed by atoms with Crippen molar-refractivity contribution in [2.45, 2.75) is 29.2 Å². The molecule has 0 radical (unpaired) electrons. The summed E-state index contributed by atoms with van der Waals surface area (Å²) in [6.45, 7) is 0. The highest BCUT2D eigenvalue weighted by Crippen LogP contribution is 2.47. The van der Waals surface area contributed by atoms with Gasteiger partial charge in [0.2, 0.25) is 10.0 Å². The number of hydrogen-bond acceptors (Lipinski definition) is 4. The highest BCUT2D eigenvalue weighted by Gasteiger charge is 2.51. The Labute approximate surface area is 126 Å². The lowest BCUT2D eigenvalue weighted by Gasteiger charge is -2.26. The molecular weight excluding hydrogens is 317 g/mol. The lowest BCUT2D eigenvalue weighted by Crippen LogP contribution is -2.46. The maximum absolute atomic E-state index is 13.9. The summed E-state index contributed by atoms with van der Waals surface area (Å²) in [5, 5.41) is 8.86. The third-order valence-electron chi connectivity index (χ3n) is 3.69. The summed E-state index contributed by atoms with van der Waals surface area (Å²) in [5.74, 6) is -1.68. The summed E-state index contributed by atoms with van der Waals surface area (Å²) in [7, 11) is -4.16. The predicted octanol–water partition coefficient (Wildman–Crippen LogP) is 1.75. The number of carboxylic acids is 1. The molecule has 1 aromatic rings. The fraction of sp³-hybridized carbons (Fsp3) is 0.462. The van der Waals surface area contributed by atoms with Crippen LogP contribution >= 0.6 is 11.8 Å². The van der Waals surface area contributed by atoms with Gasteiger partial charge in [0.1, 0.15) is 16.8 Å². The monoisotopic (exact) mass is 331 g/mol. The molecule has 1 aromatic carbocycles. The van der Waals surface area contributed by atoms with Crippen molar-refractivity contribution < 1.29 is 22.7 Å². The van der Waals surface area contributed by atoms with Crippen molar-refractivity contribution in [2.24, 2.45) is 5.92 Å². The van der Waals surface area contributed by atoms with Crippen LogP contribution in [0.25, 0.3) is 0 Å². The van der Waals surface area contributed by atoms with Gasteiger partial charge < -0.3 is 5.11 Å². The van der Waals surface area contributed by atoms with Crippen LogP contribution < -0.4 is 0 Å². The van der Waals surface area contributed by atoms with Crippen molar-refractivity contribution in [2.75, 3.05) is 5.75 Å². The smallest absolute Gasteiger partial charge is 0.322 e. The van der Waals surface area contributed by atoms with Crippen molar-refractivity contribution in [3.63, 3.8) is 0 Å². The fourth-order valence-electron chi connectivity index (χ4n) is 2.49. The summed E-state index contributed by atoms with van der Waals surface area (Å²) in [5.41, 5.74) is 0. The lowest BCUT2D eigenvalue weighted by molar-refractivity contribution is -0.140. The van der Waals surface area contributed by atoms with Gasteiger partial charge in [-0.1, -0.05) is 12.1 Å². The summed E-state index contributed by atoms with van der Waals surface area (Å²) >= 11 is 1.33. The first kappa shape index (κ1) is 14.8. The quantitative estimate of drug-likeness (QED) is 0.910. The highest BCUT2D eigenvalue weighted by atomic mass is 32.2. The molecule has 1 saturated heterocycles. The van der Waals surface area contributed by atoms with Crippen LogP contribution in [-0.2, 0) is 14.8 Å². The van der Waals surface area contributed by atoms with E-state index in [9.17, 15) is 22.7 Å². The number of benzene rings is 1. The van der Waals surface area contributed by atoms with E-state index in [1.807, 2.05) is 0 Å². The number of carboxylic acid groups (broad SMARTS) is 1. The molecule has 2 atom stereocenters. The molecule has 1 aliphatic heterocycles. The Hall–Kier alpha value is -1.12. The molecule has 1 N–H and O–H groups in total.